The number of alkyl halides is 1. The van der Waals surface area contributed by atoms with Crippen LogP contribution in [0.4, 0.5) is 14.6 Å². The van der Waals surface area contributed by atoms with E-state index in [4.69, 9.17) is 9.72 Å². The molecule has 0 radical (unpaired) electrons. The van der Waals surface area contributed by atoms with Crippen LogP contribution in [0.2, 0.25) is 0 Å². The molecule has 5 aliphatic rings. The average molecular weight is 533 g/mol. The second kappa shape index (κ2) is 9.06. The highest BCUT2D eigenvalue weighted by molar-refractivity contribution is 5.92. The molecule has 2 bridgehead atoms. The van der Waals surface area contributed by atoms with Crippen LogP contribution in [0.5, 0.6) is 6.01 Å². The van der Waals surface area contributed by atoms with E-state index in [0.717, 1.165) is 69.3 Å². The van der Waals surface area contributed by atoms with Crippen molar-refractivity contribution in [1.82, 2.24) is 25.2 Å². The molecule has 5 fully saturated rings. The van der Waals surface area contributed by atoms with Crippen molar-refractivity contribution in [2.75, 3.05) is 37.7 Å². The number of hydrogen-bond acceptors (Lipinski definition) is 7. The average Bonchev–Trinajstić information content (AvgIpc) is 3.54. The van der Waals surface area contributed by atoms with E-state index in [2.05, 4.69) is 31.2 Å². The maximum Gasteiger partial charge on any atom is 0.319 e. The van der Waals surface area contributed by atoms with Gasteiger partial charge in [0, 0.05) is 49.9 Å². The van der Waals surface area contributed by atoms with Gasteiger partial charge in [0.05, 0.1) is 10.9 Å². The van der Waals surface area contributed by atoms with Gasteiger partial charge in [-0.2, -0.15) is 9.97 Å². The number of benzene rings is 1. The molecule has 7 nitrogen and oxygen atoms in total. The summed E-state index contributed by atoms with van der Waals surface area (Å²) in [6.07, 6.45) is 7.81. The molecule has 9 heteroatoms. The van der Waals surface area contributed by atoms with E-state index in [-0.39, 0.29) is 17.1 Å². The highest BCUT2D eigenvalue weighted by Crippen LogP contribution is 2.45. The molecular weight excluding hydrogens is 498 g/mol. The molecule has 39 heavy (non-hydrogen) atoms. The molecule has 4 atom stereocenters. The molecule has 0 amide bonds. The monoisotopic (exact) mass is 532 g/mol. The van der Waals surface area contributed by atoms with Crippen LogP contribution in [-0.2, 0) is 0 Å². The Morgan fingerprint density at radius 2 is 1.87 bits per heavy atom. The highest BCUT2D eigenvalue weighted by Gasteiger charge is 2.49. The third-order valence-electron chi connectivity index (χ3n) is 9.62. The summed E-state index contributed by atoms with van der Waals surface area (Å²) in [4.78, 5) is 18.6. The van der Waals surface area contributed by atoms with Crippen molar-refractivity contribution in [2.24, 2.45) is 0 Å². The van der Waals surface area contributed by atoms with E-state index >= 15 is 4.39 Å². The standard InChI is InChI=1S/C30H34F2N6O/c31-19-12-30(10-3-11-38(30)14-19)17-39-29-35-27-24(28(36-29)37-15-20-8-9-21(16-37)34-20)13-33-26(25(27)32)23-5-2-1-4-22(23)18-6-7-18/h1-2,4-5,13,18-21,34H,3,6-12,14-17H2/t19?,20-,21+,30?. The smallest absolute Gasteiger partial charge is 0.319 e. The minimum atomic E-state index is -0.837. The Bertz CT molecular complexity index is 1420. The van der Waals surface area contributed by atoms with Crippen LogP contribution in [0, 0.1) is 5.82 Å². The predicted molar refractivity (Wildman–Crippen MR) is 145 cm³/mol. The molecule has 1 saturated carbocycles. The zero-order valence-corrected chi connectivity index (χ0v) is 22.1. The summed E-state index contributed by atoms with van der Waals surface area (Å²) in [6.45, 7) is 3.27. The number of ether oxygens (including phenoxy) is 1. The fourth-order valence-corrected chi connectivity index (χ4v) is 7.60. The summed E-state index contributed by atoms with van der Waals surface area (Å²) in [5, 5.41) is 4.27. The third-order valence-corrected chi connectivity index (χ3v) is 9.62. The van der Waals surface area contributed by atoms with E-state index in [0.29, 0.717) is 54.5 Å². The number of fused-ring (bicyclic) bond motifs is 4. The minimum absolute atomic E-state index is 0.165. The number of aromatic nitrogens is 3. The van der Waals surface area contributed by atoms with Crippen LogP contribution < -0.4 is 15.0 Å². The van der Waals surface area contributed by atoms with Gasteiger partial charge in [0.2, 0.25) is 0 Å². The van der Waals surface area contributed by atoms with Crippen molar-refractivity contribution in [3.63, 3.8) is 0 Å². The first-order valence-electron chi connectivity index (χ1n) is 14.5. The lowest BCUT2D eigenvalue weighted by Gasteiger charge is -2.34. The molecule has 6 heterocycles. The third kappa shape index (κ3) is 4.08. The van der Waals surface area contributed by atoms with Crippen molar-refractivity contribution < 1.29 is 13.5 Å². The molecule has 2 aromatic heterocycles. The van der Waals surface area contributed by atoms with E-state index in [9.17, 15) is 4.39 Å². The molecule has 8 rings (SSSR count). The normalized spacial score (nSPS) is 30.3. The van der Waals surface area contributed by atoms with Crippen LogP contribution in [-0.4, -0.2) is 76.4 Å². The Kier molecular flexibility index (Phi) is 5.56. The van der Waals surface area contributed by atoms with Crippen LogP contribution in [0.15, 0.2) is 30.5 Å². The summed E-state index contributed by atoms with van der Waals surface area (Å²) < 4.78 is 37.0. The number of pyridine rings is 1. The van der Waals surface area contributed by atoms with Gasteiger partial charge in [-0.15, -0.1) is 0 Å². The van der Waals surface area contributed by atoms with Gasteiger partial charge in [-0.3, -0.25) is 9.88 Å². The summed E-state index contributed by atoms with van der Waals surface area (Å²) >= 11 is 0. The Balaban J connectivity index is 1.21. The maximum absolute atomic E-state index is 16.4. The molecule has 4 aliphatic heterocycles. The van der Waals surface area contributed by atoms with Crippen molar-refractivity contribution >= 4 is 16.7 Å². The van der Waals surface area contributed by atoms with Gasteiger partial charge < -0.3 is 15.0 Å². The maximum atomic E-state index is 16.4. The van der Waals surface area contributed by atoms with Crippen LogP contribution >= 0.6 is 0 Å². The van der Waals surface area contributed by atoms with Gasteiger partial charge in [0.15, 0.2) is 5.82 Å². The SMILES string of the molecule is Fc1c(-c2ccccc2C2CC2)ncc2c(N3C[C@H]4CC[C@@H](C3)N4)nc(OCC34CCCN3CC(F)C4)nc12. The predicted octanol–water partition coefficient (Wildman–Crippen LogP) is 4.60. The van der Waals surface area contributed by atoms with Gasteiger partial charge in [0.25, 0.3) is 0 Å². The van der Waals surface area contributed by atoms with Crippen molar-refractivity contribution in [1.29, 1.82) is 0 Å². The van der Waals surface area contributed by atoms with Gasteiger partial charge in [-0.1, -0.05) is 24.3 Å². The summed E-state index contributed by atoms with van der Waals surface area (Å²) in [5.41, 5.74) is 2.24. The minimum Gasteiger partial charge on any atom is -0.461 e. The van der Waals surface area contributed by atoms with Gasteiger partial charge >= 0.3 is 6.01 Å². The zero-order chi connectivity index (χ0) is 26.1. The number of rotatable bonds is 6. The Hall–Kier alpha value is -2.91. The second-order valence-electron chi connectivity index (χ2n) is 12.3. The highest BCUT2D eigenvalue weighted by atomic mass is 19.1. The topological polar surface area (TPSA) is 66.4 Å². The summed E-state index contributed by atoms with van der Waals surface area (Å²) in [7, 11) is 0. The number of halogens is 2. The number of nitrogens with zero attached hydrogens (tertiary/aromatic N) is 5. The lowest BCUT2D eigenvalue weighted by Crippen LogP contribution is -2.51. The molecule has 1 N–H and O–H groups in total. The van der Waals surface area contributed by atoms with Crippen LogP contribution in [0.25, 0.3) is 22.2 Å². The first kappa shape index (κ1) is 23.9. The number of anilines is 1. The molecule has 204 valence electrons. The quantitative estimate of drug-likeness (QED) is 0.498. The largest absolute Gasteiger partial charge is 0.461 e. The van der Waals surface area contributed by atoms with Gasteiger partial charge in [0.1, 0.15) is 29.8 Å². The fraction of sp³-hybridized carbons (Fsp3) is 0.567. The van der Waals surface area contributed by atoms with E-state index < -0.39 is 12.0 Å². The first-order valence-corrected chi connectivity index (χ1v) is 14.5. The van der Waals surface area contributed by atoms with E-state index in [1.54, 1.807) is 6.20 Å². The van der Waals surface area contributed by atoms with Crippen molar-refractivity contribution in [3.05, 3.63) is 41.8 Å². The molecule has 3 aromatic rings. The van der Waals surface area contributed by atoms with E-state index in [1.807, 2.05) is 18.2 Å². The Labute approximate surface area is 227 Å². The summed E-state index contributed by atoms with van der Waals surface area (Å²) in [5.74, 6) is 0.712. The van der Waals surface area contributed by atoms with Crippen LogP contribution in [0.3, 0.4) is 0 Å². The molecule has 0 spiro atoms. The molecule has 4 saturated heterocycles. The second-order valence-corrected chi connectivity index (χ2v) is 12.3. The molecule has 1 aromatic carbocycles. The lowest BCUT2D eigenvalue weighted by atomic mass is 9.95. The van der Waals surface area contributed by atoms with Gasteiger partial charge in [-0.05, 0) is 56.6 Å². The number of piperazine rings is 1. The van der Waals surface area contributed by atoms with Crippen molar-refractivity contribution in [3.8, 4) is 17.3 Å². The molecular formula is C30H34F2N6O. The number of hydrogen-bond donors (Lipinski definition) is 1. The lowest BCUT2D eigenvalue weighted by molar-refractivity contribution is 0.107. The Morgan fingerprint density at radius 1 is 1.05 bits per heavy atom. The first-order chi connectivity index (χ1) is 19.1. The fourth-order valence-electron chi connectivity index (χ4n) is 7.60. The van der Waals surface area contributed by atoms with E-state index in [1.165, 1.54) is 0 Å². The summed E-state index contributed by atoms with van der Waals surface area (Å²) in [6, 6.07) is 8.95. The number of nitrogens with one attached hydrogen (secondary N) is 1. The zero-order valence-electron chi connectivity index (χ0n) is 22.1. The molecule has 1 aliphatic carbocycles. The van der Waals surface area contributed by atoms with Crippen LogP contribution in [0.1, 0.15) is 56.4 Å². The van der Waals surface area contributed by atoms with Crippen molar-refractivity contribution in [2.45, 2.75) is 74.7 Å². The van der Waals surface area contributed by atoms with Gasteiger partial charge in [-0.25, -0.2) is 8.78 Å². The molecule has 2 unspecified atom stereocenters. The Morgan fingerprint density at radius 3 is 2.69 bits per heavy atom.